The molecule has 16 heteroatoms. The van der Waals surface area contributed by atoms with Crippen molar-refractivity contribution in [3.63, 3.8) is 0 Å². The minimum absolute atomic E-state index is 0.0316. The molecule has 45 heavy (non-hydrogen) atoms. The van der Waals surface area contributed by atoms with Crippen molar-refractivity contribution < 1.29 is 68.5 Å². The molecule has 0 aliphatic rings. The van der Waals surface area contributed by atoms with Crippen LogP contribution in [0.15, 0.2) is 72.8 Å². The third-order valence-corrected chi connectivity index (χ3v) is 5.82. The van der Waals surface area contributed by atoms with Gasteiger partial charge in [0.1, 0.15) is 5.75 Å². The van der Waals surface area contributed by atoms with Gasteiger partial charge in [-0.25, -0.2) is 0 Å². The topological polar surface area (TPSA) is 110 Å². The Morgan fingerprint density at radius 2 is 1.18 bits per heavy atom. The molecule has 0 unspecified atom stereocenters. The van der Waals surface area contributed by atoms with Crippen molar-refractivity contribution in [1.29, 1.82) is 0 Å². The fourth-order valence-corrected chi connectivity index (χ4v) is 3.74. The number of Topliss-reactive ketones (excluding diaryl/α,β-unsaturated/α-hetero) is 1. The third kappa shape index (κ3) is 9.67. The van der Waals surface area contributed by atoms with Crippen LogP contribution in [0.5, 0.6) is 5.75 Å². The Labute approximate surface area is 246 Å². The molecule has 238 valence electrons. The van der Waals surface area contributed by atoms with Crippen LogP contribution in [0, 0.1) is 0 Å². The normalized spacial score (nSPS) is 12.4. The first kappa shape index (κ1) is 34.3. The van der Waals surface area contributed by atoms with Crippen LogP contribution < -0.4 is 10.1 Å². The van der Waals surface area contributed by atoms with Crippen LogP contribution >= 0.6 is 0 Å². The van der Waals surface area contributed by atoms with Gasteiger partial charge in [-0.15, -0.1) is 13.2 Å². The number of allylic oxidation sites excluding steroid dienone is 2. The monoisotopic (exact) mass is 647 g/mol. The molecule has 2 N–H and O–H groups in total. The van der Waals surface area contributed by atoms with E-state index in [1.807, 2.05) is 0 Å². The molecule has 3 aromatic carbocycles. The number of carbonyl (C=O) groups excluding carboxylic acids is 3. The first-order chi connectivity index (χ1) is 20.7. The summed E-state index contributed by atoms with van der Waals surface area (Å²) in [6, 6.07) is 7.83. The molecule has 3 rings (SSSR count). The van der Waals surface area contributed by atoms with Gasteiger partial charge in [-0.2, -0.15) is 26.3 Å². The minimum Gasteiger partial charge on any atom is -0.481 e. The van der Waals surface area contributed by atoms with E-state index in [4.69, 9.17) is 5.11 Å². The lowest BCUT2D eigenvalue weighted by molar-refractivity contribution is -0.274. The molecule has 1 amide bonds. The van der Waals surface area contributed by atoms with Crippen molar-refractivity contribution in [3.05, 3.63) is 106 Å². The lowest BCUT2D eigenvalue weighted by atomic mass is 9.93. The maximum atomic E-state index is 13.4. The zero-order valence-corrected chi connectivity index (χ0v) is 22.2. The SMILES string of the molecule is O=C(O)CCNC(=O)c1ccc(C(=O)C(=CC(=O)c2cc(C(F)(F)F)cc(C(F)(F)F)c2)c2ccc(OC(F)(F)F)cc2)cc1. The van der Waals surface area contributed by atoms with E-state index < -0.39 is 70.2 Å². The summed E-state index contributed by atoms with van der Waals surface area (Å²) in [5.41, 5.74) is -5.86. The quantitative estimate of drug-likeness (QED) is 0.140. The molecule has 0 spiro atoms. The first-order valence-corrected chi connectivity index (χ1v) is 12.3. The number of carbonyl (C=O) groups is 4. The Balaban J connectivity index is 2.07. The van der Waals surface area contributed by atoms with Crippen LogP contribution in [0.2, 0.25) is 0 Å². The van der Waals surface area contributed by atoms with Crippen LogP contribution in [-0.2, 0) is 17.1 Å². The highest BCUT2D eigenvalue weighted by Crippen LogP contribution is 2.37. The molecule has 7 nitrogen and oxygen atoms in total. The summed E-state index contributed by atoms with van der Waals surface area (Å²) >= 11 is 0. The summed E-state index contributed by atoms with van der Waals surface area (Å²) in [7, 11) is 0. The number of ketones is 2. The number of hydrogen-bond acceptors (Lipinski definition) is 5. The highest BCUT2D eigenvalue weighted by Gasteiger charge is 2.37. The lowest BCUT2D eigenvalue weighted by Crippen LogP contribution is -2.26. The summed E-state index contributed by atoms with van der Waals surface area (Å²) in [5.74, 6) is -5.15. The Morgan fingerprint density at radius 3 is 1.64 bits per heavy atom. The molecule has 0 saturated heterocycles. The fourth-order valence-electron chi connectivity index (χ4n) is 3.74. The molecule has 0 bridgehead atoms. The zero-order valence-electron chi connectivity index (χ0n) is 22.2. The van der Waals surface area contributed by atoms with E-state index >= 15 is 0 Å². The van der Waals surface area contributed by atoms with Gasteiger partial charge in [0.25, 0.3) is 5.91 Å². The third-order valence-electron chi connectivity index (χ3n) is 5.82. The molecule has 0 fully saturated rings. The zero-order chi connectivity index (χ0) is 33.7. The van der Waals surface area contributed by atoms with Crippen LogP contribution in [0.3, 0.4) is 0 Å². The van der Waals surface area contributed by atoms with Gasteiger partial charge in [0.2, 0.25) is 0 Å². The van der Waals surface area contributed by atoms with Gasteiger partial charge in [-0.3, -0.25) is 19.2 Å². The molecule has 0 heterocycles. The molecule has 3 aromatic rings. The van der Waals surface area contributed by atoms with Crippen LogP contribution in [0.4, 0.5) is 39.5 Å². The highest BCUT2D eigenvalue weighted by molar-refractivity contribution is 6.32. The number of amides is 1. The van der Waals surface area contributed by atoms with Gasteiger partial charge in [-0.1, -0.05) is 24.3 Å². The molecule has 0 saturated carbocycles. The number of carboxylic acids is 1. The fraction of sp³-hybridized carbons (Fsp3) is 0.172. The molecule has 0 aliphatic heterocycles. The smallest absolute Gasteiger partial charge is 0.481 e. The summed E-state index contributed by atoms with van der Waals surface area (Å²) in [5, 5.41) is 11.0. The summed E-state index contributed by atoms with van der Waals surface area (Å²) in [6.07, 6.45) is -15.6. The second-order valence-electron chi connectivity index (χ2n) is 9.10. The number of rotatable bonds is 10. The number of hydrogen-bond donors (Lipinski definition) is 2. The Bertz CT molecular complexity index is 1590. The second kappa shape index (κ2) is 13.2. The number of alkyl halides is 9. The lowest BCUT2D eigenvalue weighted by Gasteiger charge is -2.14. The number of aliphatic carboxylic acids is 1. The van der Waals surface area contributed by atoms with Crippen molar-refractivity contribution in [2.45, 2.75) is 25.1 Å². The predicted octanol–water partition coefficient (Wildman–Crippen LogP) is 6.98. The Morgan fingerprint density at radius 1 is 0.689 bits per heavy atom. The van der Waals surface area contributed by atoms with Gasteiger partial charge < -0.3 is 15.2 Å². The standard InChI is InChI=1S/C29H18F9NO6/c30-27(31,32)19-11-18(12-20(13-19)28(33,34)35)23(40)14-22(15-5-7-21(8-6-15)45-29(36,37)38)25(43)16-1-3-17(4-2-16)26(44)39-10-9-24(41)42/h1-8,11-14H,9-10H2,(H,39,44)(H,41,42). The molecule has 0 atom stereocenters. The number of nitrogens with one attached hydrogen (secondary N) is 1. The van der Waals surface area contributed by atoms with Crippen LogP contribution in [0.1, 0.15) is 54.2 Å². The van der Waals surface area contributed by atoms with Gasteiger partial charge in [0, 0.05) is 28.8 Å². The van der Waals surface area contributed by atoms with E-state index in [-0.39, 0.29) is 47.9 Å². The van der Waals surface area contributed by atoms with E-state index in [2.05, 4.69) is 10.1 Å². The molecule has 0 aliphatic carbocycles. The predicted molar refractivity (Wildman–Crippen MR) is 137 cm³/mol. The van der Waals surface area contributed by atoms with Gasteiger partial charge in [0.05, 0.1) is 17.5 Å². The van der Waals surface area contributed by atoms with Crippen molar-refractivity contribution in [1.82, 2.24) is 5.32 Å². The number of benzene rings is 3. The van der Waals surface area contributed by atoms with E-state index in [1.165, 1.54) is 0 Å². The van der Waals surface area contributed by atoms with Gasteiger partial charge in [-0.05, 0) is 54.1 Å². The summed E-state index contributed by atoms with van der Waals surface area (Å²) in [6.45, 7) is -0.219. The largest absolute Gasteiger partial charge is 0.573 e. The summed E-state index contributed by atoms with van der Waals surface area (Å²) in [4.78, 5) is 49.3. The molecule has 0 aromatic heterocycles. The van der Waals surface area contributed by atoms with E-state index in [1.54, 1.807) is 0 Å². The minimum atomic E-state index is -5.28. The first-order valence-electron chi connectivity index (χ1n) is 12.3. The average molecular weight is 647 g/mol. The van der Waals surface area contributed by atoms with Crippen molar-refractivity contribution >= 4 is 29.0 Å². The average Bonchev–Trinajstić information content (AvgIpc) is 2.94. The van der Waals surface area contributed by atoms with Gasteiger partial charge >= 0.3 is 24.7 Å². The second-order valence-corrected chi connectivity index (χ2v) is 9.10. The number of ether oxygens (including phenoxy) is 1. The van der Waals surface area contributed by atoms with Crippen molar-refractivity contribution in [3.8, 4) is 5.75 Å². The molecule has 0 radical (unpaired) electrons. The van der Waals surface area contributed by atoms with E-state index in [0.29, 0.717) is 6.08 Å². The maximum Gasteiger partial charge on any atom is 0.573 e. The maximum absolute atomic E-state index is 13.4. The Hall–Kier alpha value is -5.15. The van der Waals surface area contributed by atoms with Crippen LogP contribution in [0.25, 0.3) is 5.57 Å². The van der Waals surface area contributed by atoms with Gasteiger partial charge in [0.15, 0.2) is 11.6 Å². The van der Waals surface area contributed by atoms with E-state index in [9.17, 15) is 58.7 Å². The van der Waals surface area contributed by atoms with Crippen LogP contribution in [-0.4, -0.2) is 41.5 Å². The molecular weight excluding hydrogens is 629 g/mol. The highest BCUT2D eigenvalue weighted by atomic mass is 19.4. The number of halogens is 9. The molecular formula is C29H18F9NO6. The Kier molecular flexibility index (Phi) is 10.1. The summed E-state index contributed by atoms with van der Waals surface area (Å²) < 4.78 is 121. The van der Waals surface area contributed by atoms with Crippen molar-refractivity contribution in [2.24, 2.45) is 0 Å². The van der Waals surface area contributed by atoms with E-state index in [0.717, 1.165) is 48.5 Å². The number of carboxylic acid groups (broad SMARTS) is 1. The van der Waals surface area contributed by atoms with Crippen molar-refractivity contribution in [2.75, 3.05) is 6.54 Å².